The molecule has 1 fully saturated rings. The lowest BCUT2D eigenvalue weighted by Crippen LogP contribution is -2.41. The number of carbonyl (C=O) groups excluding carboxylic acids is 1. The highest BCUT2D eigenvalue weighted by Crippen LogP contribution is 2.46. The van der Waals surface area contributed by atoms with Crippen molar-refractivity contribution in [2.75, 3.05) is 25.6 Å². The summed E-state index contributed by atoms with van der Waals surface area (Å²) < 4.78 is 34.2. The molecule has 2 aromatic rings. The molecule has 0 bridgehead atoms. The van der Waals surface area contributed by atoms with Gasteiger partial charge in [-0.25, -0.2) is 14.1 Å². The lowest BCUT2D eigenvalue weighted by molar-refractivity contribution is -0.128. The van der Waals surface area contributed by atoms with Crippen molar-refractivity contribution in [1.29, 1.82) is 5.26 Å². The largest absolute Gasteiger partial charge is 0.472 e. The van der Waals surface area contributed by atoms with Gasteiger partial charge in [0.05, 0.1) is 25.5 Å². The second kappa shape index (κ2) is 17.6. The fraction of sp³-hybridized carbons (Fsp3) is 0.714. The molecule has 3 heterocycles. The molecule has 43 heavy (non-hydrogen) atoms. The first-order chi connectivity index (χ1) is 20.8. The van der Waals surface area contributed by atoms with Crippen LogP contribution < -0.4 is 5.73 Å². The Hall–Kier alpha value is -2.63. The Balaban J connectivity index is 1.28. The van der Waals surface area contributed by atoms with E-state index in [9.17, 15) is 29.7 Å². The van der Waals surface area contributed by atoms with Crippen LogP contribution in [0, 0.1) is 11.3 Å². The summed E-state index contributed by atoms with van der Waals surface area (Å²) in [7, 11) is -4.46. The van der Waals surface area contributed by atoms with Crippen molar-refractivity contribution in [2.45, 2.75) is 107 Å². The molecule has 14 nitrogen and oxygen atoms in total. The number of nitrogens with two attached hydrogens (primary N) is 1. The molecule has 0 saturated carbocycles. The van der Waals surface area contributed by atoms with Crippen LogP contribution in [0.15, 0.2) is 18.5 Å². The van der Waals surface area contributed by atoms with E-state index in [1.165, 1.54) is 55.4 Å². The predicted molar refractivity (Wildman–Crippen MR) is 155 cm³/mol. The molecule has 0 radical (unpaired) electrons. The second-order valence-corrected chi connectivity index (χ2v) is 12.2. The predicted octanol–water partition coefficient (Wildman–Crippen LogP) is 3.53. The minimum Gasteiger partial charge on any atom is -0.468 e. The number of unbranched alkanes of at least 4 members (excludes halogenated alkanes) is 12. The maximum atomic E-state index is 12.4. The van der Waals surface area contributed by atoms with Crippen molar-refractivity contribution in [2.24, 2.45) is 0 Å². The molecule has 0 aliphatic carbocycles. The van der Waals surface area contributed by atoms with Gasteiger partial charge in [-0.1, -0.05) is 70.6 Å². The summed E-state index contributed by atoms with van der Waals surface area (Å²) in [6.45, 7) is 0.454. The van der Waals surface area contributed by atoms with Gasteiger partial charge in [0.15, 0.2) is 5.82 Å². The smallest absolute Gasteiger partial charge is 0.468 e. The Morgan fingerprint density at radius 2 is 1.58 bits per heavy atom. The number of phosphoric acid groups is 1. The van der Waals surface area contributed by atoms with Crippen LogP contribution in [0.5, 0.6) is 0 Å². The number of nitriles is 1. The second-order valence-electron chi connectivity index (χ2n) is 10.8. The Kier molecular flexibility index (Phi) is 14.3. The molecule has 3 rings (SSSR count). The SMILES string of the molecule is N#C[C@@]1(c2ccc3c(N)ncnn23)O[C@H](COP(=O)(O)OCCCCCCCCCCCCCCCOC=O)[C@@H](O)[C@H]1O. The first-order valence-electron chi connectivity index (χ1n) is 15.0. The Morgan fingerprint density at radius 3 is 2.16 bits per heavy atom. The minimum atomic E-state index is -4.46. The minimum absolute atomic E-state index is 0.0329. The van der Waals surface area contributed by atoms with Crippen LogP contribution in [-0.2, 0) is 33.5 Å². The van der Waals surface area contributed by atoms with Crippen molar-refractivity contribution in [3.8, 4) is 6.07 Å². The number of ether oxygens (including phenoxy) is 2. The van der Waals surface area contributed by atoms with Crippen molar-refractivity contribution in [3.05, 3.63) is 24.2 Å². The molecular weight excluding hydrogens is 581 g/mol. The number of hydrogen-bond acceptors (Lipinski definition) is 12. The summed E-state index contributed by atoms with van der Waals surface area (Å²) >= 11 is 0. The highest BCUT2D eigenvalue weighted by molar-refractivity contribution is 7.47. The topological polar surface area (TPSA) is 212 Å². The summed E-state index contributed by atoms with van der Waals surface area (Å²) in [6.07, 6.45) is 10.6. The van der Waals surface area contributed by atoms with E-state index >= 15 is 0 Å². The van der Waals surface area contributed by atoms with E-state index in [-0.39, 0.29) is 18.1 Å². The van der Waals surface area contributed by atoms with E-state index < -0.39 is 38.3 Å². The number of aliphatic hydroxyl groups is 2. The molecule has 1 aliphatic rings. The zero-order chi connectivity index (χ0) is 31.1. The monoisotopic (exact) mass is 625 g/mol. The van der Waals surface area contributed by atoms with Crippen LogP contribution in [0.3, 0.4) is 0 Å². The van der Waals surface area contributed by atoms with E-state index in [0.717, 1.165) is 38.5 Å². The van der Waals surface area contributed by atoms with E-state index in [1.807, 2.05) is 6.07 Å². The average Bonchev–Trinajstić information content (AvgIpc) is 3.54. The number of nitrogens with zero attached hydrogens (tertiary/aromatic N) is 4. The molecule has 1 aliphatic heterocycles. The standard InChI is InChI=1S/C28H44N5O9P/c29-19-28(24-15-14-22-27(30)31-20-32-33(22)24)26(36)25(35)23(42-28)18-41-43(37,38)40-17-13-11-9-7-5-3-1-2-4-6-8-10-12-16-39-21-34/h14-15,20-21,23,25-26,35-36H,1-13,16-18H2,(H,37,38)(H2,30,31,32)/t23-,25-,26-,28+/m1/s1. The number of anilines is 1. The van der Waals surface area contributed by atoms with Crippen molar-refractivity contribution < 1.29 is 43.0 Å². The van der Waals surface area contributed by atoms with Gasteiger partial charge in [0, 0.05) is 0 Å². The lowest BCUT2D eigenvalue weighted by Gasteiger charge is -2.24. The van der Waals surface area contributed by atoms with Crippen molar-refractivity contribution >= 4 is 25.6 Å². The van der Waals surface area contributed by atoms with Gasteiger partial charge in [-0.05, 0) is 25.0 Å². The van der Waals surface area contributed by atoms with Crippen LogP contribution >= 0.6 is 7.82 Å². The molecule has 5 N–H and O–H groups in total. The fourth-order valence-electron chi connectivity index (χ4n) is 5.22. The summed E-state index contributed by atoms with van der Waals surface area (Å²) in [5.41, 5.74) is 4.31. The van der Waals surface area contributed by atoms with E-state index in [4.69, 9.17) is 19.5 Å². The third-order valence-electron chi connectivity index (χ3n) is 7.62. The third-order valence-corrected chi connectivity index (χ3v) is 8.60. The molecule has 2 aromatic heterocycles. The highest BCUT2D eigenvalue weighted by Gasteiger charge is 2.58. The lowest BCUT2D eigenvalue weighted by atomic mass is 9.92. The number of rotatable bonds is 22. The molecule has 0 spiro atoms. The van der Waals surface area contributed by atoms with Gasteiger partial charge in [-0.2, -0.15) is 10.4 Å². The van der Waals surface area contributed by atoms with Gasteiger partial charge < -0.3 is 30.3 Å². The average molecular weight is 626 g/mol. The van der Waals surface area contributed by atoms with Gasteiger partial charge in [-0.3, -0.25) is 13.8 Å². The Morgan fingerprint density at radius 1 is 1.00 bits per heavy atom. The summed E-state index contributed by atoms with van der Waals surface area (Å²) in [5, 5.41) is 35.4. The molecule has 5 atom stereocenters. The molecule has 0 amide bonds. The molecule has 1 unspecified atom stereocenters. The molecule has 1 saturated heterocycles. The number of carbonyl (C=O) groups is 1. The molecular formula is C28H44N5O9P. The summed E-state index contributed by atoms with van der Waals surface area (Å²) in [5.74, 6) is 0.148. The Labute approximate surface area is 251 Å². The van der Waals surface area contributed by atoms with Crippen LogP contribution in [-0.4, -0.2) is 74.3 Å². The molecule has 0 aromatic carbocycles. The molecule has 15 heteroatoms. The van der Waals surface area contributed by atoms with Gasteiger partial charge in [0.25, 0.3) is 6.47 Å². The van der Waals surface area contributed by atoms with Crippen molar-refractivity contribution in [1.82, 2.24) is 14.6 Å². The summed E-state index contributed by atoms with van der Waals surface area (Å²) in [4.78, 5) is 24.0. The van der Waals surface area contributed by atoms with E-state index in [0.29, 0.717) is 25.0 Å². The normalized spacial score (nSPS) is 23.3. The maximum Gasteiger partial charge on any atom is 0.472 e. The number of phosphoric ester groups is 1. The highest BCUT2D eigenvalue weighted by atomic mass is 31.2. The fourth-order valence-corrected chi connectivity index (χ4v) is 5.98. The van der Waals surface area contributed by atoms with Gasteiger partial charge in [-0.15, -0.1) is 0 Å². The van der Waals surface area contributed by atoms with Crippen LogP contribution in [0.2, 0.25) is 0 Å². The Bertz CT molecular complexity index is 1220. The number of fused-ring (bicyclic) bond motifs is 1. The maximum absolute atomic E-state index is 12.4. The van der Waals surface area contributed by atoms with Gasteiger partial charge in [0.2, 0.25) is 5.60 Å². The van der Waals surface area contributed by atoms with Crippen LogP contribution in [0.1, 0.15) is 89.2 Å². The zero-order valence-electron chi connectivity index (χ0n) is 24.5. The quantitative estimate of drug-likeness (QED) is 0.0839. The van der Waals surface area contributed by atoms with Crippen LogP contribution in [0.4, 0.5) is 5.82 Å². The van der Waals surface area contributed by atoms with Gasteiger partial charge >= 0.3 is 7.82 Å². The number of nitrogen functional groups attached to an aromatic ring is 1. The number of aliphatic hydroxyl groups excluding tert-OH is 2. The first-order valence-corrected chi connectivity index (χ1v) is 16.5. The first kappa shape index (κ1) is 34.9. The van der Waals surface area contributed by atoms with E-state index in [2.05, 4.69) is 14.8 Å². The van der Waals surface area contributed by atoms with Gasteiger partial charge in [0.1, 0.15) is 36.2 Å². The van der Waals surface area contributed by atoms with Crippen molar-refractivity contribution in [3.63, 3.8) is 0 Å². The van der Waals surface area contributed by atoms with Crippen LogP contribution in [0.25, 0.3) is 5.52 Å². The van der Waals surface area contributed by atoms with E-state index in [1.54, 1.807) is 6.07 Å². The zero-order valence-corrected chi connectivity index (χ0v) is 25.4. The number of hydrogen-bond donors (Lipinski definition) is 4. The number of aromatic nitrogens is 3. The third kappa shape index (κ3) is 9.94. The summed E-state index contributed by atoms with van der Waals surface area (Å²) in [6, 6.07) is 4.93. The molecule has 240 valence electrons.